The molecular formula is C16H20N4O4S. The topological polar surface area (TPSA) is 101 Å². The van der Waals surface area contributed by atoms with Crippen LogP contribution >= 0.6 is 0 Å². The standard InChI is InChI=1S/C16H20N4O4S/c1-4-24-16(21)12-5-7-13(8-6-12)18-15-10-9-14(11-17-15)19-25(22,23)20(2)3/h5-11,19H,4H2,1-3H3,(H,17,18). The predicted octanol–water partition coefficient (Wildman–Crippen LogP) is 2.22. The van der Waals surface area contributed by atoms with E-state index in [-0.39, 0.29) is 5.97 Å². The van der Waals surface area contributed by atoms with Gasteiger partial charge in [-0.15, -0.1) is 0 Å². The van der Waals surface area contributed by atoms with Crippen LogP contribution in [0.3, 0.4) is 0 Å². The van der Waals surface area contributed by atoms with Crippen LogP contribution in [0, 0.1) is 0 Å². The summed E-state index contributed by atoms with van der Waals surface area (Å²) in [4.78, 5) is 15.8. The first-order valence-electron chi connectivity index (χ1n) is 7.52. The summed E-state index contributed by atoms with van der Waals surface area (Å²) in [6, 6.07) is 10.0. The highest BCUT2D eigenvalue weighted by Crippen LogP contribution is 2.18. The van der Waals surface area contributed by atoms with Crippen LogP contribution in [0.5, 0.6) is 0 Å². The average molecular weight is 364 g/mol. The lowest BCUT2D eigenvalue weighted by molar-refractivity contribution is 0.0526. The van der Waals surface area contributed by atoms with E-state index in [0.717, 1.165) is 9.99 Å². The lowest BCUT2D eigenvalue weighted by Gasteiger charge is -2.13. The van der Waals surface area contributed by atoms with Gasteiger partial charge in [0.15, 0.2) is 0 Å². The van der Waals surface area contributed by atoms with Gasteiger partial charge in [0.1, 0.15) is 5.82 Å². The summed E-state index contributed by atoms with van der Waals surface area (Å²) in [6.07, 6.45) is 1.41. The van der Waals surface area contributed by atoms with Gasteiger partial charge in [-0.1, -0.05) is 0 Å². The Morgan fingerprint density at radius 3 is 2.28 bits per heavy atom. The molecule has 0 fully saturated rings. The number of hydrogen-bond acceptors (Lipinski definition) is 6. The minimum absolute atomic E-state index is 0.326. The van der Waals surface area contributed by atoms with E-state index in [1.54, 1.807) is 43.3 Å². The monoisotopic (exact) mass is 364 g/mol. The molecule has 1 aromatic carbocycles. The van der Waals surface area contributed by atoms with Gasteiger partial charge >= 0.3 is 16.2 Å². The van der Waals surface area contributed by atoms with E-state index in [2.05, 4.69) is 15.0 Å². The highest BCUT2D eigenvalue weighted by atomic mass is 32.2. The molecule has 1 aromatic heterocycles. The molecule has 0 aliphatic rings. The number of carbonyl (C=O) groups excluding carboxylic acids is 1. The molecule has 8 nitrogen and oxygen atoms in total. The van der Waals surface area contributed by atoms with Gasteiger partial charge in [-0.2, -0.15) is 12.7 Å². The van der Waals surface area contributed by atoms with Crippen LogP contribution in [0.2, 0.25) is 0 Å². The maximum Gasteiger partial charge on any atom is 0.338 e. The Hall–Kier alpha value is -2.65. The summed E-state index contributed by atoms with van der Waals surface area (Å²) in [5.74, 6) is 0.168. The third-order valence-electron chi connectivity index (χ3n) is 3.16. The van der Waals surface area contributed by atoms with Crippen molar-refractivity contribution < 1.29 is 17.9 Å². The Labute approximate surface area is 147 Å². The van der Waals surface area contributed by atoms with Crippen LogP contribution in [-0.4, -0.2) is 44.4 Å². The maximum absolute atomic E-state index is 11.7. The quantitative estimate of drug-likeness (QED) is 0.731. The first-order chi connectivity index (χ1) is 11.8. The van der Waals surface area contributed by atoms with E-state index in [4.69, 9.17) is 4.74 Å². The maximum atomic E-state index is 11.7. The van der Waals surface area contributed by atoms with Crippen molar-refractivity contribution in [1.29, 1.82) is 0 Å². The van der Waals surface area contributed by atoms with Crippen molar-refractivity contribution in [2.75, 3.05) is 30.7 Å². The zero-order valence-electron chi connectivity index (χ0n) is 14.2. The van der Waals surface area contributed by atoms with Crippen molar-refractivity contribution in [2.24, 2.45) is 0 Å². The Kier molecular flexibility index (Phi) is 5.94. The first-order valence-corrected chi connectivity index (χ1v) is 8.96. The molecule has 0 bridgehead atoms. The lowest BCUT2D eigenvalue weighted by atomic mass is 10.2. The normalized spacial score (nSPS) is 11.2. The van der Waals surface area contributed by atoms with Gasteiger partial charge in [0, 0.05) is 19.8 Å². The fraction of sp³-hybridized carbons (Fsp3) is 0.250. The fourth-order valence-corrected chi connectivity index (χ4v) is 2.42. The van der Waals surface area contributed by atoms with Crippen LogP contribution < -0.4 is 10.0 Å². The summed E-state index contributed by atoms with van der Waals surface area (Å²) < 4.78 is 31.9. The molecule has 0 aliphatic carbocycles. The van der Waals surface area contributed by atoms with E-state index < -0.39 is 10.2 Å². The molecule has 0 saturated heterocycles. The van der Waals surface area contributed by atoms with Gasteiger partial charge in [-0.05, 0) is 43.3 Å². The minimum Gasteiger partial charge on any atom is -0.462 e. The number of esters is 1. The van der Waals surface area contributed by atoms with Crippen LogP contribution in [0.1, 0.15) is 17.3 Å². The SMILES string of the molecule is CCOC(=O)c1ccc(Nc2ccc(NS(=O)(=O)N(C)C)cn2)cc1. The highest BCUT2D eigenvalue weighted by Gasteiger charge is 2.13. The number of ether oxygens (including phenoxy) is 1. The summed E-state index contributed by atoms with van der Waals surface area (Å²) in [7, 11) is -0.689. The number of aromatic nitrogens is 1. The molecule has 2 aromatic rings. The zero-order chi connectivity index (χ0) is 18.4. The molecule has 2 rings (SSSR count). The number of hydrogen-bond donors (Lipinski definition) is 2. The smallest absolute Gasteiger partial charge is 0.338 e. The van der Waals surface area contributed by atoms with E-state index in [1.165, 1.54) is 20.3 Å². The van der Waals surface area contributed by atoms with Gasteiger partial charge in [0.2, 0.25) is 0 Å². The summed E-state index contributed by atoms with van der Waals surface area (Å²) >= 11 is 0. The molecule has 0 atom stereocenters. The molecule has 25 heavy (non-hydrogen) atoms. The molecule has 0 saturated carbocycles. The van der Waals surface area contributed by atoms with Gasteiger partial charge in [-0.3, -0.25) is 4.72 Å². The van der Waals surface area contributed by atoms with Crippen molar-refractivity contribution >= 4 is 33.4 Å². The lowest BCUT2D eigenvalue weighted by Crippen LogP contribution is -2.28. The van der Waals surface area contributed by atoms with E-state index >= 15 is 0 Å². The molecule has 0 radical (unpaired) electrons. The second-order valence-corrected chi connectivity index (χ2v) is 7.13. The van der Waals surface area contributed by atoms with Gasteiger partial charge in [0.05, 0.1) is 24.1 Å². The Morgan fingerprint density at radius 1 is 1.12 bits per heavy atom. The second-order valence-electron chi connectivity index (χ2n) is 5.24. The van der Waals surface area contributed by atoms with Crippen molar-refractivity contribution in [2.45, 2.75) is 6.92 Å². The largest absolute Gasteiger partial charge is 0.462 e. The van der Waals surface area contributed by atoms with E-state index in [9.17, 15) is 13.2 Å². The van der Waals surface area contributed by atoms with Crippen molar-refractivity contribution in [3.63, 3.8) is 0 Å². The molecule has 134 valence electrons. The van der Waals surface area contributed by atoms with Gasteiger partial charge < -0.3 is 10.1 Å². The Morgan fingerprint density at radius 2 is 1.76 bits per heavy atom. The molecular weight excluding hydrogens is 344 g/mol. The summed E-state index contributed by atoms with van der Waals surface area (Å²) in [5, 5.41) is 3.06. The number of pyridine rings is 1. The van der Waals surface area contributed by atoms with Crippen LogP contribution in [0.25, 0.3) is 0 Å². The second kappa shape index (κ2) is 7.95. The summed E-state index contributed by atoms with van der Waals surface area (Å²) in [6.45, 7) is 2.08. The number of benzene rings is 1. The van der Waals surface area contributed by atoms with E-state index in [0.29, 0.717) is 23.7 Å². The molecule has 2 N–H and O–H groups in total. The first kappa shape index (κ1) is 18.7. The minimum atomic E-state index is -3.56. The van der Waals surface area contributed by atoms with Crippen LogP contribution in [0.15, 0.2) is 42.6 Å². The third-order valence-corrected chi connectivity index (χ3v) is 4.61. The van der Waals surface area contributed by atoms with Crippen LogP contribution in [-0.2, 0) is 14.9 Å². The molecule has 1 heterocycles. The summed E-state index contributed by atoms with van der Waals surface area (Å²) in [5.41, 5.74) is 1.56. The zero-order valence-corrected chi connectivity index (χ0v) is 15.0. The number of anilines is 3. The predicted molar refractivity (Wildman–Crippen MR) is 96.1 cm³/mol. The number of nitrogens with zero attached hydrogens (tertiary/aromatic N) is 2. The third kappa shape index (κ3) is 5.16. The average Bonchev–Trinajstić information content (AvgIpc) is 2.57. The van der Waals surface area contributed by atoms with Gasteiger partial charge in [-0.25, -0.2) is 9.78 Å². The van der Waals surface area contributed by atoms with E-state index in [1.807, 2.05) is 0 Å². The number of rotatable bonds is 7. The van der Waals surface area contributed by atoms with Crippen LogP contribution in [0.4, 0.5) is 17.2 Å². The molecule has 9 heteroatoms. The van der Waals surface area contributed by atoms with Crippen molar-refractivity contribution in [3.05, 3.63) is 48.2 Å². The van der Waals surface area contributed by atoms with Crippen molar-refractivity contribution in [3.8, 4) is 0 Å². The Bertz CT molecular complexity index is 818. The number of nitrogens with one attached hydrogen (secondary N) is 2. The Balaban J connectivity index is 2.03. The van der Waals surface area contributed by atoms with Crippen molar-refractivity contribution in [1.82, 2.24) is 9.29 Å². The molecule has 0 amide bonds. The molecule has 0 aliphatic heterocycles. The van der Waals surface area contributed by atoms with Gasteiger partial charge in [0.25, 0.3) is 0 Å². The highest BCUT2D eigenvalue weighted by molar-refractivity contribution is 7.90. The molecule has 0 unspecified atom stereocenters. The number of carbonyl (C=O) groups is 1. The molecule has 0 spiro atoms. The fourth-order valence-electron chi connectivity index (χ4n) is 1.82.